The number of carbonyl (C=O) groups excluding carboxylic acids is 1. The SMILES string of the molecule is Cc1cc(Nc2ccc(C(=O)Nc3ccccc3C(C)(C)C)nc2)no1. The van der Waals surface area contributed by atoms with Crippen LogP contribution in [-0.4, -0.2) is 16.0 Å². The normalized spacial score (nSPS) is 11.2. The summed E-state index contributed by atoms with van der Waals surface area (Å²) in [6.45, 7) is 8.16. The lowest BCUT2D eigenvalue weighted by atomic mass is 9.86. The van der Waals surface area contributed by atoms with Crippen molar-refractivity contribution in [3.63, 3.8) is 0 Å². The first-order chi connectivity index (χ1) is 12.3. The molecule has 0 spiro atoms. The van der Waals surface area contributed by atoms with Gasteiger partial charge in [-0.15, -0.1) is 0 Å². The van der Waals surface area contributed by atoms with E-state index >= 15 is 0 Å². The fourth-order valence-electron chi connectivity index (χ4n) is 2.61. The molecule has 0 aliphatic heterocycles. The van der Waals surface area contributed by atoms with Crippen molar-refractivity contribution in [1.29, 1.82) is 0 Å². The van der Waals surface area contributed by atoms with Gasteiger partial charge in [-0.2, -0.15) is 0 Å². The number of aryl methyl sites for hydroxylation is 1. The van der Waals surface area contributed by atoms with Crippen LogP contribution in [-0.2, 0) is 5.41 Å². The molecule has 6 nitrogen and oxygen atoms in total. The molecule has 134 valence electrons. The summed E-state index contributed by atoms with van der Waals surface area (Å²) >= 11 is 0. The number of nitrogens with zero attached hydrogens (tertiary/aromatic N) is 2. The van der Waals surface area contributed by atoms with Gasteiger partial charge in [0.1, 0.15) is 11.5 Å². The van der Waals surface area contributed by atoms with Gasteiger partial charge >= 0.3 is 0 Å². The van der Waals surface area contributed by atoms with E-state index in [0.29, 0.717) is 17.3 Å². The number of anilines is 3. The summed E-state index contributed by atoms with van der Waals surface area (Å²) in [5.74, 6) is 1.07. The van der Waals surface area contributed by atoms with Gasteiger partial charge < -0.3 is 15.2 Å². The van der Waals surface area contributed by atoms with Crippen LogP contribution in [0.2, 0.25) is 0 Å². The number of carbonyl (C=O) groups is 1. The largest absolute Gasteiger partial charge is 0.360 e. The number of hydrogen-bond donors (Lipinski definition) is 2. The smallest absolute Gasteiger partial charge is 0.274 e. The summed E-state index contributed by atoms with van der Waals surface area (Å²) in [5.41, 5.74) is 2.88. The molecular formula is C20H22N4O2. The van der Waals surface area contributed by atoms with E-state index in [1.165, 1.54) is 0 Å². The number of nitrogens with one attached hydrogen (secondary N) is 2. The number of rotatable bonds is 4. The monoisotopic (exact) mass is 350 g/mol. The molecule has 0 aliphatic carbocycles. The Balaban J connectivity index is 1.73. The van der Waals surface area contributed by atoms with Gasteiger partial charge in [0, 0.05) is 11.8 Å². The first kappa shape index (κ1) is 17.7. The molecule has 6 heteroatoms. The van der Waals surface area contributed by atoms with Crippen molar-refractivity contribution in [2.45, 2.75) is 33.1 Å². The zero-order valence-corrected chi connectivity index (χ0v) is 15.3. The average Bonchev–Trinajstić information content (AvgIpc) is 3.00. The molecule has 2 heterocycles. The molecule has 0 fully saturated rings. The molecule has 0 radical (unpaired) electrons. The first-order valence-electron chi connectivity index (χ1n) is 8.40. The van der Waals surface area contributed by atoms with Gasteiger partial charge in [-0.05, 0) is 36.1 Å². The minimum absolute atomic E-state index is 0.0686. The molecule has 2 N–H and O–H groups in total. The Kier molecular flexibility index (Phi) is 4.75. The molecule has 0 saturated heterocycles. The fourth-order valence-corrected chi connectivity index (χ4v) is 2.61. The van der Waals surface area contributed by atoms with Crippen LogP contribution < -0.4 is 10.6 Å². The van der Waals surface area contributed by atoms with Crippen LogP contribution in [0.1, 0.15) is 42.6 Å². The quantitative estimate of drug-likeness (QED) is 0.714. The van der Waals surface area contributed by atoms with Crippen molar-refractivity contribution in [3.05, 3.63) is 65.7 Å². The third-order valence-corrected chi connectivity index (χ3v) is 3.88. The summed E-state index contributed by atoms with van der Waals surface area (Å²) in [6, 6.07) is 13.0. The molecule has 3 aromatic rings. The lowest BCUT2D eigenvalue weighted by Crippen LogP contribution is -2.19. The minimum Gasteiger partial charge on any atom is -0.360 e. The molecule has 1 amide bonds. The minimum atomic E-state index is -0.245. The second-order valence-corrected chi connectivity index (χ2v) is 7.13. The number of pyridine rings is 1. The van der Waals surface area contributed by atoms with Crippen molar-refractivity contribution in [2.75, 3.05) is 10.6 Å². The van der Waals surface area contributed by atoms with Gasteiger partial charge in [-0.3, -0.25) is 4.79 Å². The molecule has 2 aromatic heterocycles. The molecular weight excluding hydrogens is 328 g/mol. The Morgan fingerprint density at radius 2 is 1.88 bits per heavy atom. The Morgan fingerprint density at radius 1 is 1.12 bits per heavy atom. The Labute approximate surface area is 152 Å². The Hall–Kier alpha value is -3.15. The zero-order valence-electron chi connectivity index (χ0n) is 15.3. The molecule has 0 atom stereocenters. The van der Waals surface area contributed by atoms with Gasteiger partial charge in [0.15, 0.2) is 5.82 Å². The van der Waals surface area contributed by atoms with E-state index in [9.17, 15) is 4.79 Å². The predicted molar refractivity (Wildman–Crippen MR) is 102 cm³/mol. The second kappa shape index (κ2) is 7.00. The summed E-state index contributed by atoms with van der Waals surface area (Å²) in [4.78, 5) is 16.8. The molecule has 3 rings (SSSR count). The maximum absolute atomic E-state index is 12.5. The highest BCUT2D eigenvalue weighted by atomic mass is 16.5. The Bertz CT molecular complexity index is 908. The highest BCUT2D eigenvalue weighted by Gasteiger charge is 2.19. The van der Waals surface area contributed by atoms with Gasteiger partial charge in [-0.1, -0.05) is 44.1 Å². The third kappa shape index (κ3) is 4.08. The number of para-hydroxylation sites is 1. The lowest BCUT2D eigenvalue weighted by Gasteiger charge is -2.22. The highest BCUT2D eigenvalue weighted by molar-refractivity contribution is 6.03. The standard InChI is InChI=1S/C20H22N4O2/c1-13-11-18(24-26-13)22-14-9-10-17(21-12-14)19(25)23-16-8-6-5-7-15(16)20(2,3)4/h5-12H,1-4H3,(H,22,24)(H,23,25). The summed E-state index contributed by atoms with van der Waals surface area (Å²) < 4.78 is 5.01. The van der Waals surface area contributed by atoms with Gasteiger partial charge in [0.25, 0.3) is 5.91 Å². The number of benzene rings is 1. The maximum Gasteiger partial charge on any atom is 0.274 e. The summed E-state index contributed by atoms with van der Waals surface area (Å²) in [7, 11) is 0. The fraction of sp³-hybridized carbons (Fsp3) is 0.250. The van der Waals surface area contributed by atoms with Gasteiger partial charge in [-0.25, -0.2) is 4.98 Å². The summed E-state index contributed by atoms with van der Waals surface area (Å²) in [5, 5.41) is 9.89. The van der Waals surface area contributed by atoms with Crippen molar-refractivity contribution in [1.82, 2.24) is 10.1 Å². The van der Waals surface area contributed by atoms with Crippen molar-refractivity contribution < 1.29 is 9.32 Å². The molecule has 0 saturated carbocycles. The third-order valence-electron chi connectivity index (χ3n) is 3.88. The molecule has 0 bridgehead atoms. The van der Waals surface area contributed by atoms with Crippen molar-refractivity contribution in [2.24, 2.45) is 0 Å². The predicted octanol–water partition coefficient (Wildman–Crippen LogP) is 4.67. The van der Waals surface area contributed by atoms with E-state index in [1.807, 2.05) is 31.2 Å². The topological polar surface area (TPSA) is 80.0 Å². The first-order valence-corrected chi connectivity index (χ1v) is 8.40. The zero-order chi connectivity index (χ0) is 18.7. The van der Waals surface area contributed by atoms with Crippen molar-refractivity contribution in [3.8, 4) is 0 Å². The van der Waals surface area contributed by atoms with Crippen LogP contribution in [0.25, 0.3) is 0 Å². The summed E-state index contributed by atoms with van der Waals surface area (Å²) in [6.07, 6.45) is 1.59. The second-order valence-electron chi connectivity index (χ2n) is 7.13. The van der Waals surface area contributed by atoms with Crippen LogP contribution in [0.3, 0.4) is 0 Å². The average molecular weight is 350 g/mol. The Morgan fingerprint density at radius 3 is 2.50 bits per heavy atom. The molecule has 0 aliphatic rings. The maximum atomic E-state index is 12.5. The van der Waals surface area contributed by atoms with Crippen LogP contribution in [0, 0.1) is 6.92 Å². The number of aromatic nitrogens is 2. The molecule has 0 unspecified atom stereocenters. The van der Waals surface area contributed by atoms with Gasteiger partial charge in [0.2, 0.25) is 0 Å². The van der Waals surface area contributed by atoms with Crippen molar-refractivity contribution >= 4 is 23.1 Å². The number of amides is 1. The highest BCUT2D eigenvalue weighted by Crippen LogP contribution is 2.29. The van der Waals surface area contributed by atoms with Crippen LogP contribution in [0.5, 0.6) is 0 Å². The number of hydrogen-bond acceptors (Lipinski definition) is 5. The van der Waals surface area contributed by atoms with E-state index in [1.54, 1.807) is 24.4 Å². The molecule has 26 heavy (non-hydrogen) atoms. The van der Waals surface area contributed by atoms with E-state index in [0.717, 1.165) is 16.9 Å². The van der Waals surface area contributed by atoms with E-state index in [2.05, 4.69) is 41.5 Å². The van der Waals surface area contributed by atoms with E-state index < -0.39 is 0 Å². The van der Waals surface area contributed by atoms with E-state index in [-0.39, 0.29) is 11.3 Å². The van der Waals surface area contributed by atoms with E-state index in [4.69, 9.17) is 4.52 Å². The molecule has 1 aromatic carbocycles. The lowest BCUT2D eigenvalue weighted by molar-refractivity contribution is 0.102. The van der Waals surface area contributed by atoms with Gasteiger partial charge in [0.05, 0.1) is 11.9 Å². The van der Waals surface area contributed by atoms with Crippen LogP contribution >= 0.6 is 0 Å². The van der Waals surface area contributed by atoms with Crippen LogP contribution in [0.4, 0.5) is 17.2 Å². The van der Waals surface area contributed by atoms with Crippen LogP contribution in [0.15, 0.2) is 53.2 Å².